The molecule has 0 heterocycles. The van der Waals surface area contributed by atoms with E-state index in [1.165, 1.54) is 0 Å². The zero-order valence-electron chi connectivity index (χ0n) is 3.36. The van der Waals surface area contributed by atoms with Crippen LogP contribution in [0.4, 0.5) is 0 Å². The van der Waals surface area contributed by atoms with Crippen molar-refractivity contribution in [2.75, 3.05) is 0 Å². The molecule has 0 spiro atoms. The molecule has 0 rings (SSSR count). The first-order chi connectivity index (χ1) is 2.00. The van der Waals surface area contributed by atoms with E-state index in [2.05, 4.69) is 0 Å². The van der Waals surface area contributed by atoms with Crippen LogP contribution in [0.2, 0.25) is 0 Å². The van der Waals surface area contributed by atoms with Crippen molar-refractivity contribution in [3.63, 3.8) is 0 Å². The van der Waals surface area contributed by atoms with Gasteiger partial charge >= 0.3 is 97.9 Å². The van der Waals surface area contributed by atoms with Crippen LogP contribution in [0.1, 0.15) is 0 Å². The van der Waals surface area contributed by atoms with Crippen molar-refractivity contribution >= 4 is 0 Å². The molecule has 7 heteroatoms. The molecule has 0 aromatic carbocycles. The average molecular weight is 214 g/mol. The predicted molar refractivity (Wildman–Crippen MR) is 1.37 cm³/mol. The molecule has 0 aliphatic rings. The van der Waals surface area contributed by atoms with Gasteiger partial charge in [-0.25, -0.2) is 0 Å². The van der Waals surface area contributed by atoms with E-state index >= 15 is 0 Å². The molecule has 0 aliphatic carbocycles. The van der Waals surface area contributed by atoms with Crippen LogP contribution in [0, 0.1) is 0 Å². The van der Waals surface area contributed by atoms with Gasteiger partial charge in [0.05, 0.1) is 0 Å². The van der Waals surface area contributed by atoms with Gasteiger partial charge in [0.1, 0.15) is 0 Å². The Labute approximate surface area is 95.8 Å². The second-order valence-corrected chi connectivity index (χ2v) is 1.56. The van der Waals surface area contributed by atoms with Crippen molar-refractivity contribution in [1.29, 1.82) is 0 Å². The summed E-state index contributed by atoms with van der Waals surface area (Å²) in [6, 6.07) is 0. The normalized spacial score (nSPS) is 8.29. The van der Waals surface area contributed by atoms with Crippen molar-refractivity contribution in [2.24, 2.45) is 0 Å². The Morgan fingerprint density at radius 3 is 1.14 bits per heavy atom. The molecule has 7 heavy (non-hydrogen) atoms. The van der Waals surface area contributed by atoms with Crippen LogP contribution in [0.25, 0.3) is 0 Å². The van der Waals surface area contributed by atoms with Crippen LogP contribution in [0.15, 0.2) is 0 Å². The first kappa shape index (κ1) is 16.1. The van der Waals surface area contributed by atoms with Crippen LogP contribution in [-0.2, 0) is 38.1 Å². The summed E-state index contributed by atoms with van der Waals surface area (Å²) in [5.74, 6) is 0. The standard InChI is InChI=1S/Fe.K.Mn.4O/q+2;+1;;;;2*-1. The van der Waals surface area contributed by atoms with Gasteiger partial charge in [0.2, 0.25) is 0 Å². The Morgan fingerprint density at radius 2 is 1.14 bits per heavy atom. The first-order valence-corrected chi connectivity index (χ1v) is 2.54. The van der Waals surface area contributed by atoms with Gasteiger partial charge in [-0.1, -0.05) is 0 Å². The minimum absolute atomic E-state index is 0. The van der Waals surface area contributed by atoms with Crippen LogP contribution < -0.4 is 59.8 Å². The van der Waals surface area contributed by atoms with Crippen molar-refractivity contribution in [3.05, 3.63) is 0 Å². The Hall–Kier alpha value is 2.20. The Morgan fingerprint density at radius 1 is 1.14 bits per heavy atom. The molecule has 0 amide bonds. The molecular weight excluding hydrogens is 214 g/mol. The molecule has 0 N–H and O–H groups in total. The summed E-state index contributed by atoms with van der Waals surface area (Å²) in [6.45, 7) is 0. The average Bonchev–Trinajstić information content (AvgIpc) is 0.722. The van der Waals surface area contributed by atoms with E-state index in [4.69, 9.17) is 16.0 Å². The summed E-state index contributed by atoms with van der Waals surface area (Å²) in [5.41, 5.74) is 0. The van der Waals surface area contributed by atoms with Crippen LogP contribution in [0.3, 0.4) is 0 Å². The van der Waals surface area contributed by atoms with E-state index in [1.54, 1.807) is 0 Å². The third kappa shape index (κ3) is 65.3. The summed E-state index contributed by atoms with van der Waals surface area (Å²) in [6.07, 6.45) is 0. The molecular formula is FeKMnO4+. The zero-order valence-corrected chi connectivity index (χ0v) is 8.77. The molecule has 0 radical (unpaired) electrons. The van der Waals surface area contributed by atoms with E-state index in [1.807, 2.05) is 0 Å². The summed E-state index contributed by atoms with van der Waals surface area (Å²) in [4.78, 5) is 0. The number of hydrogen-bond acceptors (Lipinski definition) is 4. The first-order valence-electron chi connectivity index (χ1n) is 0.617. The number of hydrogen-bond donors (Lipinski definition) is 0. The fraction of sp³-hybridized carbons (Fsp3) is 0. The fourth-order valence-corrected chi connectivity index (χ4v) is 0. The second-order valence-electron chi connectivity index (χ2n) is 0.378. The van der Waals surface area contributed by atoms with Crippen molar-refractivity contribution in [1.82, 2.24) is 0 Å². The maximum atomic E-state index is 8.58. The Kier molecular flexibility index (Phi) is 14.5. The van der Waals surface area contributed by atoms with Gasteiger partial charge in [0.15, 0.2) is 0 Å². The third-order valence-corrected chi connectivity index (χ3v) is 0. The van der Waals surface area contributed by atoms with Crippen molar-refractivity contribution < 1.29 is 97.9 Å². The fourth-order valence-electron chi connectivity index (χ4n) is 0. The van der Waals surface area contributed by atoms with E-state index in [-0.39, 0.29) is 68.5 Å². The summed E-state index contributed by atoms with van der Waals surface area (Å²) >= 11 is -5.62. The van der Waals surface area contributed by atoms with Crippen molar-refractivity contribution in [2.45, 2.75) is 0 Å². The van der Waals surface area contributed by atoms with Gasteiger partial charge < -0.3 is 0 Å². The Bertz CT molecular complexity index is 94.9. The molecule has 0 bridgehead atoms. The minimum atomic E-state index is -5.62. The molecule has 4 nitrogen and oxygen atoms in total. The van der Waals surface area contributed by atoms with E-state index in [0.29, 0.717) is 0 Å². The summed E-state index contributed by atoms with van der Waals surface area (Å²) < 4.78 is 34.3. The van der Waals surface area contributed by atoms with Gasteiger partial charge in [-0.15, -0.1) is 0 Å². The quantitative estimate of drug-likeness (QED) is 0.376. The van der Waals surface area contributed by atoms with Gasteiger partial charge in [0.25, 0.3) is 0 Å². The van der Waals surface area contributed by atoms with E-state index < -0.39 is 13.4 Å². The summed E-state index contributed by atoms with van der Waals surface area (Å²) in [5, 5.41) is 0. The van der Waals surface area contributed by atoms with E-state index in [9.17, 15) is 0 Å². The molecule has 0 unspecified atom stereocenters. The SMILES string of the molecule is [Fe+2].[K+].[O]=[Mn](=[O])([O-])[O-]. The Balaban J connectivity index is -0.0000000800. The second kappa shape index (κ2) is 6.32. The summed E-state index contributed by atoms with van der Waals surface area (Å²) in [7, 11) is 0. The molecule has 0 aromatic heterocycles. The van der Waals surface area contributed by atoms with Gasteiger partial charge in [-0.2, -0.15) is 0 Å². The van der Waals surface area contributed by atoms with Crippen LogP contribution in [0.5, 0.6) is 0 Å². The predicted octanol–water partition coefficient (Wildman–Crippen LogP) is -5.62. The van der Waals surface area contributed by atoms with Gasteiger partial charge in [0, 0.05) is 0 Å². The van der Waals surface area contributed by atoms with Crippen LogP contribution in [-0.4, -0.2) is 0 Å². The molecule has 0 saturated heterocycles. The maximum absolute atomic E-state index is 8.58. The molecule has 0 atom stereocenters. The molecule has 0 aliphatic heterocycles. The monoisotopic (exact) mass is 214 g/mol. The molecule has 39 valence electrons. The van der Waals surface area contributed by atoms with Gasteiger partial charge in [-0.3, -0.25) is 0 Å². The van der Waals surface area contributed by atoms with Gasteiger partial charge in [-0.05, 0) is 0 Å². The third-order valence-electron chi connectivity index (χ3n) is 0. The number of rotatable bonds is 0. The van der Waals surface area contributed by atoms with E-state index in [0.717, 1.165) is 0 Å². The molecule has 0 saturated carbocycles. The topological polar surface area (TPSA) is 80.3 Å². The zero-order chi connectivity index (χ0) is 4.50. The van der Waals surface area contributed by atoms with Crippen molar-refractivity contribution in [3.8, 4) is 0 Å². The van der Waals surface area contributed by atoms with Crippen LogP contribution >= 0.6 is 0 Å². The molecule has 0 fully saturated rings. The molecule has 0 aromatic rings.